The fourth-order valence-electron chi connectivity index (χ4n) is 3.74. The molecule has 1 N–H and O–H groups in total. The van der Waals surface area contributed by atoms with Gasteiger partial charge in [-0.3, -0.25) is 14.5 Å². The maximum Gasteiger partial charge on any atom is 0.420 e. The molecule has 1 aliphatic rings. The topological polar surface area (TPSA) is 76.4 Å². The number of nitrogens with zero attached hydrogens (tertiary/aromatic N) is 3. The number of rotatable bonds is 5. The molecule has 0 bridgehead atoms. The fourth-order valence-corrected chi connectivity index (χ4v) is 4.26. The van der Waals surface area contributed by atoms with Crippen molar-refractivity contribution in [3.63, 3.8) is 0 Å². The highest BCUT2D eigenvalue weighted by Gasteiger charge is 2.51. The van der Waals surface area contributed by atoms with Crippen LogP contribution in [0.15, 0.2) is 36.4 Å². The first kappa shape index (κ1) is 25.1. The molecule has 0 radical (unpaired) electrons. The van der Waals surface area contributed by atoms with Crippen LogP contribution < -0.4 is 15.1 Å². The van der Waals surface area contributed by atoms with Crippen molar-refractivity contribution in [2.45, 2.75) is 38.4 Å². The number of carbonyl (C=O) groups excluding carboxylic acids is 2. The average Bonchev–Trinajstić information content (AvgIpc) is 2.95. The summed E-state index contributed by atoms with van der Waals surface area (Å²) in [5, 5.41) is 11.3. The molecule has 1 heterocycles. The second kappa shape index (κ2) is 9.02. The highest BCUT2D eigenvalue weighted by molar-refractivity contribution is 7.81. The second-order valence-electron chi connectivity index (χ2n) is 8.09. The molecule has 3 rings (SSSR count). The summed E-state index contributed by atoms with van der Waals surface area (Å²) < 4.78 is 55.4. The molecule has 0 unspecified atom stereocenters. The Morgan fingerprint density at radius 1 is 1.18 bits per heavy atom. The molecular formula is C23H20F4N4O2S. The average molecular weight is 492 g/mol. The van der Waals surface area contributed by atoms with Crippen LogP contribution in [0.5, 0.6) is 0 Å². The van der Waals surface area contributed by atoms with Gasteiger partial charge in [-0.2, -0.15) is 18.4 Å². The first-order chi connectivity index (χ1) is 15.8. The van der Waals surface area contributed by atoms with Gasteiger partial charge >= 0.3 is 6.18 Å². The first-order valence-electron chi connectivity index (χ1n) is 10.1. The zero-order valence-electron chi connectivity index (χ0n) is 18.5. The van der Waals surface area contributed by atoms with Gasteiger partial charge in [0.2, 0.25) is 5.91 Å². The quantitative estimate of drug-likeness (QED) is 0.497. The van der Waals surface area contributed by atoms with E-state index in [0.29, 0.717) is 12.1 Å². The molecule has 178 valence electrons. The lowest BCUT2D eigenvalue weighted by Gasteiger charge is -2.29. The fraction of sp³-hybridized carbons (Fsp3) is 0.304. The highest BCUT2D eigenvalue weighted by atomic mass is 32.1. The Kier molecular flexibility index (Phi) is 6.66. The van der Waals surface area contributed by atoms with Crippen molar-refractivity contribution in [1.29, 1.82) is 5.26 Å². The maximum atomic E-state index is 15.1. The molecule has 0 spiro atoms. The lowest BCUT2D eigenvalue weighted by Crippen LogP contribution is -2.44. The molecule has 34 heavy (non-hydrogen) atoms. The highest BCUT2D eigenvalue weighted by Crippen LogP contribution is 2.41. The van der Waals surface area contributed by atoms with Gasteiger partial charge in [-0.05, 0) is 62.3 Å². The number of carbonyl (C=O) groups is 2. The van der Waals surface area contributed by atoms with E-state index in [1.165, 1.54) is 24.8 Å². The van der Waals surface area contributed by atoms with Gasteiger partial charge in [0.15, 0.2) is 10.9 Å². The number of aryl methyl sites for hydroxylation is 1. The Morgan fingerprint density at radius 2 is 1.79 bits per heavy atom. The number of hydrogen-bond donors (Lipinski definition) is 1. The molecule has 1 fully saturated rings. The van der Waals surface area contributed by atoms with Gasteiger partial charge in [0.05, 0.1) is 17.3 Å². The number of amides is 2. The molecule has 0 aromatic heterocycles. The van der Waals surface area contributed by atoms with E-state index < -0.39 is 40.3 Å². The van der Waals surface area contributed by atoms with Crippen LogP contribution in [-0.4, -0.2) is 29.5 Å². The molecule has 0 saturated carbocycles. The van der Waals surface area contributed by atoms with Crippen LogP contribution in [-0.2, 0) is 22.2 Å². The van der Waals surface area contributed by atoms with E-state index in [-0.39, 0.29) is 17.4 Å². The third kappa shape index (κ3) is 4.33. The minimum atomic E-state index is -5.14. The minimum absolute atomic E-state index is 0.116. The normalized spacial score (nSPS) is 15.5. The van der Waals surface area contributed by atoms with Crippen LogP contribution in [0.3, 0.4) is 0 Å². The predicted octanol–water partition coefficient (Wildman–Crippen LogP) is 4.31. The zero-order chi connectivity index (χ0) is 25.4. The zero-order valence-corrected chi connectivity index (χ0v) is 19.3. The van der Waals surface area contributed by atoms with E-state index in [1.54, 1.807) is 31.3 Å². The Bertz CT molecular complexity index is 1200. The van der Waals surface area contributed by atoms with Gasteiger partial charge in [0.25, 0.3) is 5.91 Å². The molecule has 0 atom stereocenters. The van der Waals surface area contributed by atoms with E-state index in [9.17, 15) is 22.8 Å². The largest absolute Gasteiger partial charge is 0.420 e. The first-order valence-corrected chi connectivity index (χ1v) is 10.5. The number of alkyl halides is 3. The Hall–Kier alpha value is -3.52. The van der Waals surface area contributed by atoms with E-state index in [1.807, 2.05) is 0 Å². The number of hydrogen-bond acceptors (Lipinski definition) is 4. The van der Waals surface area contributed by atoms with E-state index in [0.717, 1.165) is 22.6 Å². The van der Waals surface area contributed by atoms with Gasteiger partial charge in [0, 0.05) is 19.2 Å². The Morgan fingerprint density at radius 3 is 2.32 bits per heavy atom. The van der Waals surface area contributed by atoms with Crippen molar-refractivity contribution < 1.29 is 27.2 Å². The van der Waals surface area contributed by atoms with Crippen LogP contribution >= 0.6 is 12.2 Å². The molecule has 11 heteroatoms. The number of thiocarbonyl (C=S) groups is 1. The number of halogens is 4. The van der Waals surface area contributed by atoms with Crippen LogP contribution in [0.2, 0.25) is 0 Å². The molecule has 2 aromatic carbocycles. The third-order valence-corrected chi connectivity index (χ3v) is 5.91. The lowest BCUT2D eigenvalue weighted by molar-refractivity contribution is -0.140. The third-order valence-electron chi connectivity index (χ3n) is 5.55. The summed E-state index contributed by atoms with van der Waals surface area (Å²) in [6.45, 7) is 3.04. The summed E-state index contributed by atoms with van der Waals surface area (Å²) in [6, 6.07) is 9.90. The predicted molar refractivity (Wildman–Crippen MR) is 122 cm³/mol. The monoisotopic (exact) mass is 492 g/mol. The SMILES string of the molecule is CNC(=O)CCc1ccc(N2C(=S)N(c3ccc(C#N)c(C(F)(F)F)c3F)C(=O)C2(C)C)cc1. The molecular weight excluding hydrogens is 472 g/mol. The van der Waals surface area contributed by atoms with Crippen molar-refractivity contribution >= 4 is 40.5 Å². The smallest absolute Gasteiger partial charge is 0.359 e. The van der Waals surface area contributed by atoms with E-state index >= 15 is 4.39 Å². The summed E-state index contributed by atoms with van der Waals surface area (Å²) in [6.07, 6.45) is -4.37. The standard InChI is InChI=1S/C23H20F4N4O2S/c1-22(2)20(33)30(16-10-7-14(12-28)18(19(16)24)23(25,26)27)21(34)31(22)15-8-4-13(5-9-15)6-11-17(32)29-3/h4-5,7-10H,6,11H2,1-3H3,(H,29,32). The number of nitriles is 1. The van der Waals surface area contributed by atoms with Gasteiger partial charge in [-0.25, -0.2) is 4.39 Å². The van der Waals surface area contributed by atoms with Crippen molar-refractivity contribution in [1.82, 2.24) is 5.32 Å². The summed E-state index contributed by atoms with van der Waals surface area (Å²) in [4.78, 5) is 26.8. The Balaban J connectivity index is 2.01. The molecule has 6 nitrogen and oxygen atoms in total. The van der Waals surface area contributed by atoms with Crippen LogP contribution in [0.25, 0.3) is 0 Å². The van der Waals surface area contributed by atoms with Crippen LogP contribution in [0.1, 0.15) is 37.0 Å². The molecule has 1 saturated heterocycles. The van der Waals surface area contributed by atoms with Crippen LogP contribution in [0, 0.1) is 17.1 Å². The van der Waals surface area contributed by atoms with Gasteiger partial charge < -0.3 is 10.2 Å². The second-order valence-corrected chi connectivity index (χ2v) is 8.45. The summed E-state index contributed by atoms with van der Waals surface area (Å²) in [5.74, 6) is -2.59. The Labute approximate surface area is 198 Å². The van der Waals surface area contributed by atoms with Crippen molar-refractivity contribution in [3.8, 4) is 6.07 Å². The summed E-state index contributed by atoms with van der Waals surface area (Å²) >= 11 is 5.41. The number of benzene rings is 2. The number of anilines is 2. The van der Waals surface area contributed by atoms with Gasteiger partial charge in [-0.1, -0.05) is 12.1 Å². The van der Waals surface area contributed by atoms with Gasteiger partial charge in [-0.15, -0.1) is 0 Å². The maximum absolute atomic E-state index is 15.1. The lowest BCUT2D eigenvalue weighted by atomic mass is 10.0. The molecule has 1 aliphatic heterocycles. The molecule has 2 aromatic rings. The molecule has 2 amide bonds. The summed E-state index contributed by atoms with van der Waals surface area (Å²) in [5.41, 5.74) is -3.33. The van der Waals surface area contributed by atoms with Crippen molar-refractivity contribution in [2.24, 2.45) is 0 Å². The van der Waals surface area contributed by atoms with E-state index in [4.69, 9.17) is 17.5 Å². The summed E-state index contributed by atoms with van der Waals surface area (Å²) in [7, 11) is 1.54. The van der Waals surface area contributed by atoms with Crippen LogP contribution in [0.4, 0.5) is 28.9 Å². The van der Waals surface area contributed by atoms with Crippen molar-refractivity contribution in [2.75, 3.05) is 16.8 Å². The van der Waals surface area contributed by atoms with Gasteiger partial charge in [0.1, 0.15) is 11.1 Å². The van der Waals surface area contributed by atoms with E-state index in [2.05, 4.69) is 5.32 Å². The molecule has 0 aliphatic carbocycles. The number of nitrogens with one attached hydrogen (secondary N) is 1. The van der Waals surface area contributed by atoms with Crippen molar-refractivity contribution in [3.05, 3.63) is 58.9 Å². The minimum Gasteiger partial charge on any atom is -0.359 e.